The summed E-state index contributed by atoms with van der Waals surface area (Å²) in [5.41, 5.74) is -0.900. The lowest BCUT2D eigenvalue weighted by atomic mass is 9.85. The number of carbonyl (C=O) groups is 2. The number of nitrogens with one attached hydrogen (secondary N) is 2. The fourth-order valence-electron chi connectivity index (χ4n) is 3.31. The molecular weight excluding hydrogens is 485 g/mol. The summed E-state index contributed by atoms with van der Waals surface area (Å²) in [5, 5.41) is 6.46. The van der Waals surface area contributed by atoms with Crippen molar-refractivity contribution < 1.29 is 14.3 Å². The normalized spacial score (nSPS) is 15.9. The fourth-order valence-corrected chi connectivity index (χ4v) is 3.31. The van der Waals surface area contributed by atoms with E-state index >= 15 is 0 Å². The van der Waals surface area contributed by atoms with Gasteiger partial charge in [-0.25, -0.2) is 4.79 Å². The topological polar surface area (TPSA) is 86.3 Å². The molecule has 1 fully saturated rings. The largest absolute Gasteiger partial charge is 0.444 e. The van der Waals surface area contributed by atoms with Crippen molar-refractivity contribution in [1.82, 2.24) is 20.4 Å². The van der Waals surface area contributed by atoms with E-state index in [1.165, 1.54) is 4.90 Å². The first-order chi connectivity index (χ1) is 13.0. The number of halogens is 1. The Morgan fingerprint density at radius 1 is 1.10 bits per heavy atom. The maximum Gasteiger partial charge on any atom is 0.410 e. The third-order valence-corrected chi connectivity index (χ3v) is 4.75. The summed E-state index contributed by atoms with van der Waals surface area (Å²) in [6.07, 6.45) is 3.56. The zero-order valence-electron chi connectivity index (χ0n) is 19.1. The maximum absolute atomic E-state index is 12.7. The standard InChI is InChI=1S/C20H39N5O3.HI/c1-8-21-17(22-13-14-25(7)18(27)28-19(2,3)4)23-15-20(11-9-10-12-20)16(26)24(5)6;/h8-15H2,1-7H3,(H2,21,22,23);1H. The molecule has 1 aliphatic carbocycles. The molecule has 1 rings (SSSR count). The van der Waals surface area contributed by atoms with Gasteiger partial charge in [0, 0.05) is 40.8 Å². The Kier molecular flexibility index (Phi) is 11.9. The third kappa shape index (κ3) is 9.39. The molecule has 0 bridgehead atoms. The van der Waals surface area contributed by atoms with E-state index in [0.29, 0.717) is 25.6 Å². The van der Waals surface area contributed by atoms with Crippen molar-refractivity contribution in [3.05, 3.63) is 0 Å². The number of hydrogen-bond acceptors (Lipinski definition) is 4. The van der Waals surface area contributed by atoms with Gasteiger partial charge in [-0.05, 0) is 40.5 Å². The average molecular weight is 525 g/mol. The Bertz CT molecular complexity index is 555. The van der Waals surface area contributed by atoms with Crippen molar-refractivity contribution >= 4 is 41.9 Å². The summed E-state index contributed by atoms with van der Waals surface area (Å²) in [5.74, 6) is 0.826. The van der Waals surface area contributed by atoms with Crippen LogP contribution in [0.25, 0.3) is 0 Å². The molecule has 2 N–H and O–H groups in total. The molecule has 0 atom stereocenters. The minimum absolute atomic E-state index is 0. The third-order valence-electron chi connectivity index (χ3n) is 4.75. The first-order valence-electron chi connectivity index (χ1n) is 10.2. The predicted molar refractivity (Wildman–Crippen MR) is 128 cm³/mol. The van der Waals surface area contributed by atoms with Crippen molar-refractivity contribution in [2.45, 2.75) is 59.0 Å². The van der Waals surface area contributed by atoms with Crippen LogP contribution in [0.5, 0.6) is 0 Å². The Hall–Kier alpha value is -1.26. The summed E-state index contributed by atoms with van der Waals surface area (Å²) in [6, 6.07) is 0. The number of ether oxygens (including phenoxy) is 1. The van der Waals surface area contributed by atoms with Crippen LogP contribution in [0.15, 0.2) is 4.99 Å². The quantitative estimate of drug-likeness (QED) is 0.303. The molecule has 8 nitrogen and oxygen atoms in total. The molecule has 0 heterocycles. The number of nitrogens with zero attached hydrogens (tertiary/aromatic N) is 3. The number of aliphatic imine (C=N–C) groups is 1. The van der Waals surface area contributed by atoms with Crippen LogP contribution in [0.4, 0.5) is 4.79 Å². The zero-order valence-corrected chi connectivity index (χ0v) is 21.5. The Morgan fingerprint density at radius 2 is 1.69 bits per heavy atom. The van der Waals surface area contributed by atoms with Crippen molar-refractivity contribution in [3.8, 4) is 0 Å². The summed E-state index contributed by atoms with van der Waals surface area (Å²) < 4.78 is 5.35. The highest BCUT2D eigenvalue weighted by Gasteiger charge is 2.42. The molecule has 0 saturated heterocycles. The van der Waals surface area contributed by atoms with Crippen LogP contribution in [-0.4, -0.2) is 80.7 Å². The van der Waals surface area contributed by atoms with Crippen LogP contribution in [0.1, 0.15) is 53.4 Å². The van der Waals surface area contributed by atoms with Gasteiger partial charge in [-0.1, -0.05) is 12.8 Å². The Morgan fingerprint density at radius 3 is 2.17 bits per heavy atom. The average Bonchev–Trinajstić information content (AvgIpc) is 3.07. The molecule has 1 aliphatic rings. The minimum atomic E-state index is -0.510. The van der Waals surface area contributed by atoms with E-state index in [0.717, 1.165) is 32.2 Å². The van der Waals surface area contributed by atoms with Crippen molar-refractivity contribution in [3.63, 3.8) is 0 Å². The van der Waals surface area contributed by atoms with E-state index in [-0.39, 0.29) is 41.4 Å². The smallest absolute Gasteiger partial charge is 0.410 e. The lowest BCUT2D eigenvalue weighted by Gasteiger charge is -2.29. The lowest BCUT2D eigenvalue weighted by Crippen LogP contribution is -2.45. The summed E-state index contributed by atoms with van der Waals surface area (Å²) in [6.45, 7) is 9.77. The number of likely N-dealkylation sites (N-methyl/N-ethyl adjacent to an activating group) is 1. The van der Waals surface area contributed by atoms with E-state index in [9.17, 15) is 9.59 Å². The van der Waals surface area contributed by atoms with E-state index < -0.39 is 5.60 Å². The van der Waals surface area contributed by atoms with Crippen LogP contribution in [0, 0.1) is 5.41 Å². The minimum Gasteiger partial charge on any atom is -0.444 e. The predicted octanol–water partition coefficient (Wildman–Crippen LogP) is 2.68. The summed E-state index contributed by atoms with van der Waals surface area (Å²) in [4.78, 5) is 32.6. The van der Waals surface area contributed by atoms with Crippen LogP contribution in [0.3, 0.4) is 0 Å². The first kappa shape index (κ1) is 27.7. The summed E-state index contributed by atoms with van der Waals surface area (Å²) in [7, 11) is 5.33. The van der Waals surface area contributed by atoms with Crippen LogP contribution in [0.2, 0.25) is 0 Å². The van der Waals surface area contributed by atoms with Crippen LogP contribution in [-0.2, 0) is 9.53 Å². The number of carbonyl (C=O) groups excluding carboxylic acids is 2. The van der Waals surface area contributed by atoms with Gasteiger partial charge in [0.05, 0.1) is 12.0 Å². The van der Waals surface area contributed by atoms with Gasteiger partial charge in [0.2, 0.25) is 5.91 Å². The maximum atomic E-state index is 12.7. The van der Waals surface area contributed by atoms with Crippen LogP contribution < -0.4 is 10.6 Å². The second kappa shape index (κ2) is 12.4. The zero-order chi connectivity index (χ0) is 21.4. The molecular formula is C20H40IN5O3. The molecule has 0 aromatic rings. The van der Waals surface area contributed by atoms with Gasteiger partial charge < -0.3 is 25.2 Å². The van der Waals surface area contributed by atoms with E-state index in [4.69, 9.17) is 4.74 Å². The molecule has 0 aromatic heterocycles. The molecule has 2 amide bonds. The van der Waals surface area contributed by atoms with Gasteiger partial charge in [0.15, 0.2) is 5.96 Å². The molecule has 0 spiro atoms. The van der Waals surface area contributed by atoms with E-state index in [2.05, 4.69) is 15.6 Å². The SMILES string of the molecule is CCNC(=NCC1(C(=O)N(C)C)CCCC1)NCCN(C)C(=O)OC(C)(C)C.I. The van der Waals surface area contributed by atoms with Crippen molar-refractivity contribution in [1.29, 1.82) is 0 Å². The summed E-state index contributed by atoms with van der Waals surface area (Å²) >= 11 is 0. The number of hydrogen-bond donors (Lipinski definition) is 2. The Labute approximate surface area is 193 Å². The van der Waals surface area contributed by atoms with Gasteiger partial charge in [-0.15, -0.1) is 24.0 Å². The number of guanidine groups is 1. The first-order valence-corrected chi connectivity index (χ1v) is 10.2. The molecule has 0 aliphatic heterocycles. The van der Waals surface area contributed by atoms with Gasteiger partial charge >= 0.3 is 6.09 Å². The second-order valence-electron chi connectivity index (χ2n) is 8.71. The Balaban J connectivity index is 0.00000784. The molecule has 1 saturated carbocycles. The van der Waals surface area contributed by atoms with Gasteiger partial charge in [0.25, 0.3) is 0 Å². The highest BCUT2D eigenvalue weighted by molar-refractivity contribution is 14.0. The van der Waals surface area contributed by atoms with Crippen molar-refractivity contribution in [2.24, 2.45) is 10.4 Å². The van der Waals surface area contributed by atoms with Gasteiger partial charge in [-0.3, -0.25) is 9.79 Å². The highest BCUT2D eigenvalue weighted by Crippen LogP contribution is 2.39. The van der Waals surface area contributed by atoms with Crippen molar-refractivity contribution in [2.75, 3.05) is 47.3 Å². The van der Waals surface area contributed by atoms with Crippen LogP contribution >= 0.6 is 24.0 Å². The fraction of sp³-hybridized carbons (Fsp3) is 0.850. The molecule has 29 heavy (non-hydrogen) atoms. The monoisotopic (exact) mass is 525 g/mol. The van der Waals surface area contributed by atoms with E-state index in [1.807, 2.05) is 41.8 Å². The van der Waals surface area contributed by atoms with E-state index in [1.54, 1.807) is 11.9 Å². The second-order valence-corrected chi connectivity index (χ2v) is 8.71. The molecule has 0 radical (unpaired) electrons. The highest BCUT2D eigenvalue weighted by atomic mass is 127. The lowest BCUT2D eigenvalue weighted by molar-refractivity contribution is -0.138. The number of rotatable bonds is 7. The van der Waals surface area contributed by atoms with Gasteiger partial charge in [0.1, 0.15) is 5.60 Å². The van der Waals surface area contributed by atoms with Gasteiger partial charge in [-0.2, -0.15) is 0 Å². The molecule has 0 aromatic carbocycles. The molecule has 170 valence electrons. The molecule has 9 heteroatoms. The number of amides is 2. The molecule has 0 unspecified atom stereocenters.